The van der Waals surface area contributed by atoms with E-state index in [2.05, 4.69) is 0 Å². The average molecular weight is 288 g/mol. The van der Waals surface area contributed by atoms with Gasteiger partial charge < -0.3 is 10.6 Å². The summed E-state index contributed by atoms with van der Waals surface area (Å²) in [6, 6.07) is 4.51. The number of halogens is 3. The fourth-order valence-corrected chi connectivity index (χ4v) is 2.11. The molecule has 0 aromatic heterocycles. The summed E-state index contributed by atoms with van der Waals surface area (Å²) in [6.45, 7) is 6.27. The van der Waals surface area contributed by atoms with Crippen molar-refractivity contribution >= 4 is 5.69 Å². The topological polar surface area (TPSA) is 29.3 Å². The van der Waals surface area contributed by atoms with Gasteiger partial charge in [-0.15, -0.1) is 0 Å². The monoisotopic (exact) mass is 288 g/mol. The molecule has 1 aromatic carbocycles. The Hall–Kier alpha value is -1.23. The maximum absolute atomic E-state index is 13.2. The van der Waals surface area contributed by atoms with Crippen LogP contribution in [0.15, 0.2) is 18.2 Å². The highest BCUT2D eigenvalue weighted by Gasteiger charge is 2.35. The molecule has 1 unspecified atom stereocenters. The molecule has 0 spiro atoms. The van der Waals surface area contributed by atoms with E-state index in [-0.39, 0.29) is 17.6 Å². The zero-order chi connectivity index (χ0) is 15.5. The number of hydrogen-bond acceptors (Lipinski definition) is 2. The Kier molecular flexibility index (Phi) is 5.45. The molecule has 0 saturated heterocycles. The van der Waals surface area contributed by atoms with E-state index in [9.17, 15) is 13.2 Å². The number of anilines is 1. The average Bonchev–Trinajstić information content (AvgIpc) is 2.36. The fourth-order valence-electron chi connectivity index (χ4n) is 2.11. The van der Waals surface area contributed by atoms with Crippen LogP contribution in [0.25, 0.3) is 0 Å². The minimum Gasteiger partial charge on any atom is -0.371 e. The minimum absolute atomic E-state index is 0.0245. The molecule has 0 aliphatic rings. The molecule has 0 aliphatic heterocycles. The first kappa shape index (κ1) is 16.8. The lowest BCUT2D eigenvalue weighted by molar-refractivity contribution is -0.137. The van der Waals surface area contributed by atoms with E-state index in [1.54, 1.807) is 24.1 Å². The molecular weight excluding hydrogens is 265 g/mol. The highest BCUT2D eigenvalue weighted by molar-refractivity contribution is 5.56. The van der Waals surface area contributed by atoms with Crippen molar-refractivity contribution in [3.63, 3.8) is 0 Å². The second-order valence-electron chi connectivity index (χ2n) is 5.48. The van der Waals surface area contributed by atoms with Crippen molar-refractivity contribution < 1.29 is 13.2 Å². The molecule has 0 fully saturated rings. The molecule has 2 N–H and O–H groups in total. The number of alkyl halides is 3. The predicted octanol–water partition coefficient (Wildman–Crippen LogP) is 3.69. The number of benzene rings is 1. The van der Waals surface area contributed by atoms with Crippen LogP contribution in [0.5, 0.6) is 0 Å². The first-order valence-corrected chi connectivity index (χ1v) is 6.81. The quantitative estimate of drug-likeness (QED) is 0.895. The van der Waals surface area contributed by atoms with E-state index in [1.807, 2.05) is 20.8 Å². The van der Waals surface area contributed by atoms with Crippen LogP contribution in [0.1, 0.15) is 31.9 Å². The normalized spacial score (nSPS) is 13.7. The molecule has 0 amide bonds. The Balaban J connectivity index is 3.25. The van der Waals surface area contributed by atoms with Crippen molar-refractivity contribution in [3.8, 4) is 0 Å². The number of hydrogen-bond donors (Lipinski definition) is 1. The molecule has 0 radical (unpaired) electrons. The van der Waals surface area contributed by atoms with Crippen molar-refractivity contribution in [2.75, 3.05) is 18.5 Å². The maximum atomic E-state index is 13.2. The lowest BCUT2D eigenvalue weighted by Gasteiger charge is -2.32. The molecule has 0 bridgehead atoms. The SMILES string of the molecule is CC(C)C(C)N(C)c1ccc(CCN)cc1C(F)(F)F. The molecule has 1 rings (SSSR count). The summed E-state index contributed by atoms with van der Waals surface area (Å²) in [5.74, 6) is 0.268. The maximum Gasteiger partial charge on any atom is 0.418 e. The summed E-state index contributed by atoms with van der Waals surface area (Å²) >= 11 is 0. The second-order valence-corrected chi connectivity index (χ2v) is 5.48. The van der Waals surface area contributed by atoms with E-state index >= 15 is 0 Å². The van der Waals surface area contributed by atoms with Crippen LogP contribution in [0.3, 0.4) is 0 Å². The summed E-state index contributed by atoms with van der Waals surface area (Å²) in [7, 11) is 1.71. The molecule has 1 aromatic rings. The van der Waals surface area contributed by atoms with Crippen LogP contribution in [0.4, 0.5) is 18.9 Å². The first-order chi connectivity index (χ1) is 9.18. The van der Waals surface area contributed by atoms with Crippen LogP contribution in [-0.4, -0.2) is 19.6 Å². The van der Waals surface area contributed by atoms with Crippen molar-refractivity contribution in [2.24, 2.45) is 11.7 Å². The van der Waals surface area contributed by atoms with Crippen molar-refractivity contribution in [1.82, 2.24) is 0 Å². The fraction of sp³-hybridized carbons (Fsp3) is 0.600. The summed E-state index contributed by atoms with van der Waals surface area (Å²) in [5.41, 5.74) is 5.67. The molecular formula is C15H23F3N2. The molecule has 0 aliphatic carbocycles. The van der Waals surface area contributed by atoms with Crippen molar-refractivity contribution in [2.45, 2.75) is 39.4 Å². The number of nitrogens with zero attached hydrogens (tertiary/aromatic N) is 1. The van der Waals surface area contributed by atoms with Gasteiger partial charge in [0.2, 0.25) is 0 Å². The smallest absolute Gasteiger partial charge is 0.371 e. The number of nitrogens with two attached hydrogens (primary N) is 1. The van der Waals surface area contributed by atoms with E-state index < -0.39 is 11.7 Å². The molecule has 5 heteroatoms. The summed E-state index contributed by atoms with van der Waals surface area (Å²) in [6.07, 6.45) is -3.91. The Morgan fingerprint density at radius 2 is 1.80 bits per heavy atom. The van der Waals surface area contributed by atoms with E-state index in [0.29, 0.717) is 18.5 Å². The zero-order valence-corrected chi connectivity index (χ0v) is 12.5. The molecule has 20 heavy (non-hydrogen) atoms. The van der Waals surface area contributed by atoms with Gasteiger partial charge in [0.25, 0.3) is 0 Å². The van der Waals surface area contributed by atoms with Crippen LogP contribution in [0.2, 0.25) is 0 Å². The molecule has 114 valence electrons. The van der Waals surface area contributed by atoms with Gasteiger partial charge in [0.05, 0.1) is 5.56 Å². The zero-order valence-electron chi connectivity index (χ0n) is 12.5. The lowest BCUT2D eigenvalue weighted by Crippen LogP contribution is -2.34. The standard InChI is InChI=1S/C15H23F3N2/c1-10(2)11(3)20(4)14-6-5-12(7-8-19)9-13(14)15(16,17)18/h5-6,9-11H,7-8,19H2,1-4H3. The molecule has 1 atom stereocenters. The van der Waals surface area contributed by atoms with Gasteiger partial charge in [0, 0.05) is 18.8 Å². The van der Waals surface area contributed by atoms with Crippen molar-refractivity contribution in [3.05, 3.63) is 29.3 Å². The largest absolute Gasteiger partial charge is 0.418 e. The van der Waals surface area contributed by atoms with E-state index in [4.69, 9.17) is 5.73 Å². The predicted molar refractivity (Wildman–Crippen MR) is 76.9 cm³/mol. The van der Waals surface area contributed by atoms with Gasteiger partial charge >= 0.3 is 6.18 Å². The third-order valence-corrected chi connectivity index (χ3v) is 3.76. The van der Waals surface area contributed by atoms with Crippen LogP contribution in [-0.2, 0) is 12.6 Å². The molecule has 0 saturated carbocycles. The van der Waals surface area contributed by atoms with Gasteiger partial charge in [0.1, 0.15) is 0 Å². The minimum atomic E-state index is -4.36. The molecule has 0 heterocycles. The van der Waals surface area contributed by atoms with Crippen LogP contribution in [0, 0.1) is 5.92 Å². The summed E-state index contributed by atoms with van der Waals surface area (Å²) in [4.78, 5) is 1.69. The summed E-state index contributed by atoms with van der Waals surface area (Å²) in [5, 5.41) is 0. The highest BCUT2D eigenvalue weighted by atomic mass is 19.4. The van der Waals surface area contributed by atoms with Gasteiger partial charge in [-0.2, -0.15) is 13.2 Å². The lowest BCUT2D eigenvalue weighted by atomic mass is 10.0. The Bertz CT molecular complexity index is 441. The second kappa shape index (κ2) is 6.48. The third kappa shape index (κ3) is 3.88. The Morgan fingerprint density at radius 3 is 2.25 bits per heavy atom. The van der Waals surface area contributed by atoms with Crippen molar-refractivity contribution in [1.29, 1.82) is 0 Å². The van der Waals surface area contributed by atoms with Crippen LogP contribution >= 0.6 is 0 Å². The Labute approximate surface area is 118 Å². The number of rotatable bonds is 5. The third-order valence-electron chi connectivity index (χ3n) is 3.76. The van der Waals surface area contributed by atoms with Gasteiger partial charge in [0.15, 0.2) is 0 Å². The molecule has 2 nitrogen and oxygen atoms in total. The first-order valence-electron chi connectivity index (χ1n) is 6.81. The summed E-state index contributed by atoms with van der Waals surface area (Å²) < 4.78 is 39.7. The van der Waals surface area contributed by atoms with Gasteiger partial charge in [-0.25, -0.2) is 0 Å². The van der Waals surface area contributed by atoms with Gasteiger partial charge in [-0.1, -0.05) is 19.9 Å². The van der Waals surface area contributed by atoms with E-state index in [1.165, 1.54) is 6.07 Å². The van der Waals surface area contributed by atoms with Crippen LogP contribution < -0.4 is 10.6 Å². The van der Waals surface area contributed by atoms with E-state index in [0.717, 1.165) is 0 Å². The Morgan fingerprint density at radius 1 is 1.20 bits per heavy atom. The highest BCUT2D eigenvalue weighted by Crippen LogP contribution is 2.38. The van der Waals surface area contributed by atoms with Gasteiger partial charge in [-0.05, 0) is 43.5 Å². The van der Waals surface area contributed by atoms with Gasteiger partial charge in [-0.3, -0.25) is 0 Å².